The summed E-state index contributed by atoms with van der Waals surface area (Å²) in [7, 11) is -2.75. The summed E-state index contributed by atoms with van der Waals surface area (Å²) < 4.78 is 23.1. The molecule has 2 saturated heterocycles. The number of nitrogens with zero attached hydrogens (tertiary/aromatic N) is 1. The highest BCUT2D eigenvalue weighted by atomic mass is 32.2. The average Bonchev–Trinajstić information content (AvgIpc) is 2.31. The fourth-order valence-electron chi connectivity index (χ4n) is 3.40. The maximum Gasteiger partial charge on any atom is 0.150 e. The normalized spacial score (nSPS) is 33.7. The topological polar surface area (TPSA) is 49.4 Å². The predicted molar refractivity (Wildman–Crippen MR) is 79.1 cm³/mol. The van der Waals surface area contributed by atoms with Gasteiger partial charge in [-0.15, -0.1) is 0 Å². The first kappa shape index (κ1) is 15.3. The number of piperazine rings is 1. The van der Waals surface area contributed by atoms with E-state index in [0.29, 0.717) is 35.5 Å². The fraction of sp³-hybridized carbons (Fsp3) is 1.00. The molecule has 0 amide bonds. The van der Waals surface area contributed by atoms with Crippen molar-refractivity contribution < 1.29 is 8.42 Å². The summed E-state index contributed by atoms with van der Waals surface area (Å²) in [5.41, 5.74) is 0. The molecule has 0 spiro atoms. The van der Waals surface area contributed by atoms with Gasteiger partial charge in [0.1, 0.15) is 9.84 Å². The number of nitrogens with one attached hydrogen (secondary N) is 1. The van der Waals surface area contributed by atoms with Gasteiger partial charge in [-0.1, -0.05) is 13.8 Å². The molecule has 0 aromatic rings. The van der Waals surface area contributed by atoms with Crippen LogP contribution < -0.4 is 5.32 Å². The number of sulfone groups is 1. The lowest BCUT2D eigenvalue weighted by Gasteiger charge is -2.45. The van der Waals surface area contributed by atoms with Crippen molar-refractivity contribution in [2.75, 3.05) is 24.6 Å². The molecular weight excluding hydrogens is 260 g/mol. The molecule has 4 nitrogen and oxygen atoms in total. The van der Waals surface area contributed by atoms with Crippen LogP contribution in [-0.2, 0) is 9.84 Å². The van der Waals surface area contributed by atoms with E-state index in [1.165, 1.54) is 6.42 Å². The smallest absolute Gasteiger partial charge is 0.150 e. The van der Waals surface area contributed by atoms with E-state index in [9.17, 15) is 8.42 Å². The Balaban J connectivity index is 1.94. The van der Waals surface area contributed by atoms with Gasteiger partial charge >= 0.3 is 0 Å². The van der Waals surface area contributed by atoms with Crippen LogP contribution in [0.5, 0.6) is 0 Å². The SMILES string of the molecule is CC(C)CC1CN(C2CCS(=O)(=O)CC2)C(C)CN1. The molecule has 0 bridgehead atoms. The highest BCUT2D eigenvalue weighted by molar-refractivity contribution is 7.91. The molecule has 2 aliphatic rings. The summed E-state index contributed by atoms with van der Waals surface area (Å²) in [5, 5.41) is 3.63. The van der Waals surface area contributed by atoms with Gasteiger partial charge in [0.2, 0.25) is 0 Å². The minimum atomic E-state index is -2.75. The standard InChI is InChI=1S/C14H28N2O2S/c1-11(2)8-13-10-16(12(3)9-15-13)14-4-6-19(17,18)7-5-14/h11-15H,4-10H2,1-3H3. The van der Waals surface area contributed by atoms with Gasteiger partial charge in [-0.05, 0) is 32.1 Å². The van der Waals surface area contributed by atoms with E-state index in [2.05, 4.69) is 31.0 Å². The Morgan fingerprint density at radius 1 is 1.26 bits per heavy atom. The maximum atomic E-state index is 11.5. The third-order valence-corrected chi connectivity index (χ3v) is 6.16. The van der Waals surface area contributed by atoms with Crippen molar-refractivity contribution in [3.8, 4) is 0 Å². The lowest BCUT2D eigenvalue weighted by molar-refractivity contribution is 0.0792. The van der Waals surface area contributed by atoms with Crippen LogP contribution >= 0.6 is 0 Å². The van der Waals surface area contributed by atoms with Crippen molar-refractivity contribution in [3.05, 3.63) is 0 Å². The molecular formula is C14H28N2O2S. The number of hydrogen-bond donors (Lipinski definition) is 1. The van der Waals surface area contributed by atoms with Crippen LogP contribution in [0, 0.1) is 5.92 Å². The van der Waals surface area contributed by atoms with Crippen molar-refractivity contribution in [3.63, 3.8) is 0 Å². The Hall–Kier alpha value is -0.130. The van der Waals surface area contributed by atoms with Crippen LogP contribution in [0.2, 0.25) is 0 Å². The molecule has 2 fully saturated rings. The van der Waals surface area contributed by atoms with Crippen LogP contribution in [0.15, 0.2) is 0 Å². The third kappa shape index (κ3) is 4.17. The first-order valence-corrected chi connectivity index (χ1v) is 9.39. The van der Waals surface area contributed by atoms with Crippen molar-refractivity contribution in [2.24, 2.45) is 5.92 Å². The lowest BCUT2D eigenvalue weighted by atomic mass is 9.97. The molecule has 0 saturated carbocycles. The van der Waals surface area contributed by atoms with Gasteiger partial charge < -0.3 is 5.32 Å². The highest BCUT2D eigenvalue weighted by Gasteiger charge is 2.34. The molecule has 0 aromatic carbocycles. The van der Waals surface area contributed by atoms with E-state index in [1.807, 2.05) is 0 Å². The molecule has 19 heavy (non-hydrogen) atoms. The van der Waals surface area contributed by atoms with Gasteiger partial charge in [-0.3, -0.25) is 4.90 Å². The van der Waals surface area contributed by atoms with Crippen LogP contribution in [0.3, 0.4) is 0 Å². The summed E-state index contributed by atoms with van der Waals surface area (Å²) in [6, 6.07) is 1.55. The number of rotatable bonds is 3. The first-order valence-electron chi connectivity index (χ1n) is 7.57. The van der Waals surface area contributed by atoms with Crippen molar-refractivity contribution in [1.29, 1.82) is 0 Å². The van der Waals surface area contributed by atoms with Gasteiger partial charge in [0, 0.05) is 31.2 Å². The predicted octanol–water partition coefficient (Wildman–Crippen LogP) is 1.27. The zero-order valence-corrected chi connectivity index (χ0v) is 13.2. The molecule has 2 aliphatic heterocycles. The van der Waals surface area contributed by atoms with E-state index in [0.717, 1.165) is 25.9 Å². The molecule has 112 valence electrons. The second-order valence-electron chi connectivity index (χ2n) is 6.66. The second kappa shape index (κ2) is 6.10. The fourth-order valence-corrected chi connectivity index (χ4v) is 4.87. The summed E-state index contributed by atoms with van der Waals surface area (Å²) in [4.78, 5) is 2.55. The molecule has 0 aliphatic carbocycles. The monoisotopic (exact) mass is 288 g/mol. The van der Waals surface area contributed by atoms with Gasteiger partial charge in [-0.2, -0.15) is 0 Å². The molecule has 1 N–H and O–H groups in total. The van der Waals surface area contributed by atoms with E-state index < -0.39 is 9.84 Å². The van der Waals surface area contributed by atoms with Crippen LogP contribution in [0.25, 0.3) is 0 Å². The molecule has 2 unspecified atom stereocenters. The molecule has 0 aromatic heterocycles. The summed E-state index contributed by atoms with van der Waals surface area (Å²) in [6.07, 6.45) is 2.84. The lowest BCUT2D eigenvalue weighted by Crippen LogP contribution is -2.59. The van der Waals surface area contributed by atoms with Gasteiger partial charge in [0.15, 0.2) is 0 Å². The molecule has 0 radical (unpaired) electrons. The second-order valence-corrected chi connectivity index (χ2v) is 8.97. The Labute approximate surface area is 117 Å². The quantitative estimate of drug-likeness (QED) is 0.850. The van der Waals surface area contributed by atoms with Gasteiger partial charge in [0.05, 0.1) is 11.5 Å². The summed E-state index contributed by atoms with van der Waals surface area (Å²) in [6.45, 7) is 8.88. The van der Waals surface area contributed by atoms with Gasteiger partial charge in [-0.25, -0.2) is 8.42 Å². The van der Waals surface area contributed by atoms with Crippen LogP contribution in [0.1, 0.15) is 40.0 Å². The minimum absolute atomic E-state index is 0.378. The molecule has 2 atom stereocenters. The highest BCUT2D eigenvalue weighted by Crippen LogP contribution is 2.23. The molecule has 2 heterocycles. The first-order chi connectivity index (χ1) is 8.87. The maximum absolute atomic E-state index is 11.5. The third-order valence-electron chi connectivity index (χ3n) is 4.45. The number of hydrogen-bond acceptors (Lipinski definition) is 4. The van der Waals surface area contributed by atoms with E-state index >= 15 is 0 Å². The van der Waals surface area contributed by atoms with Gasteiger partial charge in [0.25, 0.3) is 0 Å². The van der Waals surface area contributed by atoms with E-state index in [-0.39, 0.29) is 0 Å². The molecule has 2 rings (SSSR count). The Morgan fingerprint density at radius 3 is 2.47 bits per heavy atom. The minimum Gasteiger partial charge on any atom is -0.311 e. The Kier molecular flexibility index (Phi) is 4.90. The Bertz CT molecular complexity index is 380. The van der Waals surface area contributed by atoms with E-state index in [4.69, 9.17) is 0 Å². The van der Waals surface area contributed by atoms with E-state index in [1.54, 1.807) is 0 Å². The zero-order valence-electron chi connectivity index (χ0n) is 12.4. The zero-order chi connectivity index (χ0) is 14.0. The summed E-state index contributed by atoms with van der Waals surface area (Å²) in [5.74, 6) is 1.46. The molecule has 5 heteroatoms. The largest absolute Gasteiger partial charge is 0.311 e. The van der Waals surface area contributed by atoms with Crippen LogP contribution in [0.4, 0.5) is 0 Å². The van der Waals surface area contributed by atoms with Crippen molar-refractivity contribution >= 4 is 9.84 Å². The Morgan fingerprint density at radius 2 is 1.89 bits per heavy atom. The summed E-state index contributed by atoms with van der Waals surface area (Å²) >= 11 is 0. The van der Waals surface area contributed by atoms with Crippen molar-refractivity contribution in [2.45, 2.75) is 58.2 Å². The van der Waals surface area contributed by atoms with Crippen LogP contribution in [-0.4, -0.2) is 56.0 Å². The van der Waals surface area contributed by atoms with Crippen molar-refractivity contribution in [1.82, 2.24) is 10.2 Å². The average molecular weight is 288 g/mol.